The van der Waals surface area contributed by atoms with Gasteiger partial charge >= 0.3 is 5.97 Å². The highest BCUT2D eigenvalue weighted by Crippen LogP contribution is 2.28. The maximum absolute atomic E-state index is 12.9. The number of nitrogens with zero attached hydrogens (tertiary/aromatic N) is 2. The van der Waals surface area contributed by atoms with Gasteiger partial charge in [-0.05, 0) is 31.0 Å². The van der Waals surface area contributed by atoms with Crippen LogP contribution in [-0.2, 0) is 9.53 Å². The second-order valence-electron chi connectivity index (χ2n) is 7.73. The van der Waals surface area contributed by atoms with E-state index < -0.39 is 0 Å². The first-order valence-electron chi connectivity index (χ1n) is 9.93. The van der Waals surface area contributed by atoms with Gasteiger partial charge in [0.25, 0.3) is 0 Å². The molecule has 142 valence electrons. The Morgan fingerprint density at radius 2 is 1.48 bits per heavy atom. The smallest absolute Gasteiger partial charge is 0.317 e. The molecule has 2 saturated heterocycles. The number of ether oxygens (including phenoxy) is 1. The van der Waals surface area contributed by atoms with E-state index in [1.165, 1.54) is 12.8 Å². The fraction of sp³-hybridized carbons (Fsp3) is 0.435. The number of fused-ring (bicyclic) bond motifs is 2. The maximum Gasteiger partial charge on any atom is 0.317 e. The standard InChI is InChI=1S/C23H28N2O2/c1-24-20-12-13-21(24)17-25(16-20)14-15-27-23(26)22(18-8-4-2-5-9-18)19-10-6-3-7-11-19/h2-11,20-22H,12-17H2,1H3. The van der Waals surface area contributed by atoms with Gasteiger partial charge in [-0.2, -0.15) is 0 Å². The van der Waals surface area contributed by atoms with Crippen molar-refractivity contribution in [2.45, 2.75) is 30.8 Å². The van der Waals surface area contributed by atoms with E-state index in [0.717, 1.165) is 30.8 Å². The normalized spacial score (nSPS) is 22.9. The number of carbonyl (C=O) groups excluding carboxylic acids is 1. The van der Waals surface area contributed by atoms with E-state index in [1.807, 2.05) is 60.7 Å². The lowest BCUT2D eigenvalue weighted by atomic mass is 9.91. The van der Waals surface area contributed by atoms with E-state index in [4.69, 9.17) is 4.74 Å². The molecular weight excluding hydrogens is 336 g/mol. The van der Waals surface area contributed by atoms with Crippen molar-refractivity contribution in [1.82, 2.24) is 9.80 Å². The molecule has 0 aromatic heterocycles. The lowest BCUT2D eigenvalue weighted by Crippen LogP contribution is -2.52. The zero-order valence-electron chi connectivity index (χ0n) is 16.0. The van der Waals surface area contributed by atoms with Crippen molar-refractivity contribution in [3.8, 4) is 0 Å². The third-order valence-electron chi connectivity index (χ3n) is 6.08. The number of rotatable bonds is 6. The van der Waals surface area contributed by atoms with E-state index in [-0.39, 0.29) is 11.9 Å². The summed E-state index contributed by atoms with van der Waals surface area (Å²) in [6.07, 6.45) is 2.59. The molecule has 2 fully saturated rings. The Kier molecular flexibility index (Phi) is 5.55. The second kappa shape index (κ2) is 8.24. The topological polar surface area (TPSA) is 32.8 Å². The summed E-state index contributed by atoms with van der Waals surface area (Å²) in [5.41, 5.74) is 1.96. The SMILES string of the molecule is CN1C2CCC1CN(CCOC(=O)C(c1ccccc1)c1ccccc1)C2. The molecule has 4 heteroatoms. The van der Waals surface area contributed by atoms with Crippen molar-refractivity contribution in [2.75, 3.05) is 33.3 Å². The van der Waals surface area contributed by atoms with Crippen LogP contribution in [0, 0.1) is 0 Å². The fourth-order valence-corrected chi connectivity index (χ4v) is 4.50. The fourth-order valence-electron chi connectivity index (χ4n) is 4.50. The number of esters is 1. The molecule has 27 heavy (non-hydrogen) atoms. The number of likely N-dealkylation sites (N-methyl/N-ethyl adjacent to an activating group) is 1. The Morgan fingerprint density at radius 1 is 0.963 bits per heavy atom. The highest BCUT2D eigenvalue weighted by molar-refractivity contribution is 5.82. The van der Waals surface area contributed by atoms with Crippen molar-refractivity contribution < 1.29 is 9.53 Å². The molecule has 0 radical (unpaired) electrons. The lowest BCUT2D eigenvalue weighted by Gasteiger charge is -2.38. The first kappa shape index (κ1) is 18.2. The first-order valence-corrected chi connectivity index (χ1v) is 9.93. The van der Waals surface area contributed by atoms with Gasteiger partial charge in [0.1, 0.15) is 12.5 Å². The predicted octanol–water partition coefficient (Wildman–Crippen LogP) is 3.14. The van der Waals surface area contributed by atoms with Gasteiger partial charge < -0.3 is 4.74 Å². The van der Waals surface area contributed by atoms with Gasteiger partial charge in [0.05, 0.1) is 0 Å². The van der Waals surface area contributed by atoms with E-state index in [1.54, 1.807) is 0 Å². The summed E-state index contributed by atoms with van der Waals surface area (Å²) in [4.78, 5) is 17.9. The number of likely N-dealkylation sites (tertiary alicyclic amines) is 1. The molecule has 0 amide bonds. The third kappa shape index (κ3) is 4.07. The monoisotopic (exact) mass is 364 g/mol. The van der Waals surface area contributed by atoms with Crippen molar-refractivity contribution in [3.05, 3.63) is 71.8 Å². The number of piperazine rings is 1. The van der Waals surface area contributed by atoms with Crippen LogP contribution in [-0.4, -0.2) is 61.1 Å². The quantitative estimate of drug-likeness (QED) is 0.737. The summed E-state index contributed by atoms with van der Waals surface area (Å²) in [5, 5.41) is 0. The molecule has 2 unspecified atom stereocenters. The Labute approximate surface area is 161 Å². The van der Waals surface area contributed by atoms with Crippen LogP contribution in [0.3, 0.4) is 0 Å². The summed E-state index contributed by atoms with van der Waals surface area (Å²) < 4.78 is 5.74. The lowest BCUT2D eigenvalue weighted by molar-refractivity contribution is -0.145. The maximum atomic E-state index is 12.9. The van der Waals surface area contributed by atoms with Crippen LogP contribution in [0.4, 0.5) is 0 Å². The zero-order valence-corrected chi connectivity index (χ0v) is 16.0. The van der Waals surface area contributed by atoms with Crippen LogP contribution in [0.5, 0.6) is 0 Å². The molecule has 0 N–H and O–H groups in total. The molecule has 0 saturated carbocycles. The minimum atomic E-state index is -0.365. The van der Waals surface area contributed by atoms with E-state index >= 15 is 0 Å². The van der Waals surface area contributed by atoms with Gasteiger partial charge in [-0.1, -0.05) is 60.7 Å². The average Bonchev–Trinajstić information content (AvgIpc) is 2.91. The molecule has 2 aromatic carbocycles. The minimum Gasteiger partial charge on any atom is -0.464 e. The van der Waals surface area contributed by atoms with E-state index in [2.05, 4.69) is 16.8 Å². The van der Waals surface area contributed by atoms with Gasteiger partial charge in [-0.25, -0.2) is 0 Å². The Balaban J connectivity index is 1.38. The van der Waals surface area contributed by atoms with Crippen LogP contribution in [0.25, 0.3) is 0 Å². The number of benzene rings is 2. The van der Waals surface area contributed by atoms with Crippen LogP contribution >= 0.6 is 0 Å². The summed E-state index contributed by atoms with van der Waals surface area (Å²) in [6.45, 7) is 3.46. The summed E-state index contributed by atoms with van der Waals surface area (Å²) in [6, 6.07) is 21.1. The molecular formula is C23H28N2O2. The van der Waals surface area contributed by atoms with Gasteiger partial charge in [0, 0.05) is 31.7 Å². The summed E-state index contributed by atoms with van der Waals surface area (Å²) in [7, 11) is 2.24. The van der Waals surface area contributed by atoms with Crippen molar-refractivity contribution in [3.63, 3.8) is 0 Å². The van der Waals surface area contributed by atoms with Crippen LogP contribution in [0.1, 0.15) is 29.9 Å². The van der Waals surface area contributed by atoms with Crippen LogP contribution in [0.2, 0.25) is 0 Å². The van der Waals surface area contributed by atoms with Crippen molar-refractivity contribution >= 4 is 5.97 Å². The molecule has 2 atom stereocenters. The second-order valence-corrected chi connectivity index (χ2v) is 7.73. The average molecular weight is 364 g/mol. The molecule has 4 rings (SSSR count). The van der Waals surface area contributed by atoms with Gasteiger partial charge in [0.15, 0.2) is 0 Å². The Bertz CT molecular complexity index is 696. The number of hydrogen-bond acceptors (Lipinski definition) is 4. The summed E-state index contributed by atoms with van der Waals surface area (Å²) in [5.74, 6) is -0.527. The molecule has 4 nitrogen and oxygen atoms in total. The third-order valence-corrected chi connectivity index (χ3v) is 6.08. The Hall–Kier alpha value is -2.17. The minimum absolute atomic E-state index is 0.163. The molecule has 2 aromatic rings. The molecule has 0 aliphatic carbocycles. The van der Waals surface area contributed by atoms with Crippen molar-refractivity contribution in [1.29, 1.82) is 0 Å². The predicted molar refractivity (Wildman–Crippen MR) is 107 cm³/mol. The Morgan fingerprint density at radius 3 is 2.00 bits per heavy atom. The highest BCUT2D eigenvalue weighted by Gasteiger charge is 2.37. The van der Waals surface area contributed by atoms with Gasteiger partial charge in [0.2, 0.25) is 0 Å². The highest BCUT2D eigenvalue weighted by atomic mass is 16.5. The first-order chi connectivity index (χ1) is 13.2. The zero-order chi connectivity index (χ0) is 18.6. The molecule has 2 bridgehead atoms. The van der Waals surface area contributed by atoms with Crippen molar-refractivity contribution in [2.24, 2.45) is 0 Å². The van der Waals surface area contributed by atoms with Gasteiger partial charge in [-0.3, -0.25) is 14.6 Å². The number of hydrogen-bond donors (Lipinski definition) is 0. The van der Waals surface area contributed by atoms with Gasteiger partial charge in [-0.15, -0.1) is 0 Å². The van der Waals surface area contributed by atoms with Crippen LogP contribution < -0.4 is 0 Å². The number of carbonyl (C=O) groups is 1. The molecule has 2 aliphatic heterocycles. The van der Waals surface area contributed by atoms with E-state index in [9.17, 15) is 4.79 Å². The molecule has 0 spiro atoms. The molecule has 2 heterocycles. The van der Waals surface area contributed by atoms with Crippen LogP contribution in [0.15, 0.2) is 60.7 Å². The molecule has 2 aliphatic rings. The largest absolute Gasteiger partial charge is 0.464 e. The summed E-state index contributed by atoms with van der Waals surface area (Å²) >= 11 is 0. The van der Waals surface area contributed by atoms with E-state index in [0.29, 0.717) is 18.7 Å².